The monoisotopic (exact) mass is 717 g/mol. The van der Waals surface area contributed by atoms with E-state index in [-0.39, 0.29) is 17.2 Å². The molecule has 0 bridgehead atoms. The molecule has 0 aliphatic heterocycles. The summed E-state index contributed by atoms with van der Waals surface area (Å²) >= 11 is 0. The fourth-order valence-corrected chi connectivity index (χ4v) is 6.56. The highest BCUT2D eigenvalue weighted by molar-refractivity contribution is 5.88. The zero-order valence-corrected chi connectivity index (χ0v) is 30.2. The Morgan fingerprint density at radius 2 is 0.667 bits per heavy atom. The number of rotatable bonds is 9. The molecule has 0 spiro atoms. The molecule has 0 radical (unpaired) electrons. The smallest absolute Gasteiger partial charge is 0.144 e. The van der Waals surface area contributed by atoms with E-state index in [0.717, 1.165) is 33.4 Å². The molecule has 9 heteroatoms. The van der Waals surface area contributed by atoms with Crippen molar-refractivity contribution in [2.24, 2.45) is 15.0 Å². The minimum absolute atomic E-state index is 0.137. The lowest BCUT2D eigenvalue weighted by Crippen LogP contribution is -2.00. The maximum atomic E-state index is 10.4. The van der Waals surface area contributed by atoms with E-state index in [0.29, 0.717) is 70.3 Å². The highest BCUT2D eigenvalue weighted by atomic mass is 16.5. The van der Waals surface area contributed by atoms with Crippen LogP contribution in [0.25, 0.3) is 0 Å². The van der Waals surface area contributed by atoms with Gasteiger partial charge in [0.1, 0.15) is 51.6 Å². The Morgan fingerprint density at radius 3 is 0.926 bits per heavy atom. The third kappa shape index (κ3) is 7.66. The first kappa shape index (κ1) is 35.5. The molecule has 7 rings (SSSR count). The van der Waals surface area contributed by atoms with E-state index in [1.54, 1.807) is 94.6 Å². The van der Waals surface area contributed by atoms with Gasteiger partial charge in [0, 0.05) is 35.3 Å². The van der Waals surface area contributed by atoms with Crippen molar-refractivity contribution in [1.29, 1.82) is 0 Å². The average Bonchev–Trinajstić information content (AvgIpc) is 3.24. The average molecular weight is 718 g/mol. The predicted octanol–water partition coefficient (Wildman–Crippen LogP) is 9.17. The normalized spacial score (nSPS) is 12.5. The number of hydrogen-bond acceptors (Lipinski definition) is 9. The number of fused-ring (bicyclic) bond motifs is 3. The Kier molecular flexibility index (Phi) is 10.4. The van der Waals surface area contributed by atoms with Crippen LogP contribution in [0.15, 0.2) is 124 Å². The van der Waals surface area contributed by atoms with Gasteiger partial charge in [-0.05, 0) is 125 Å². The molecule has 0 heterocycles. The molecule has 0 fully saturated rings. The van der Waals surface area contributed by atoms with Gasteiger partial charge in [0.05, 0.1) is 21.3 Å². The van der Waals surface area contributed by atoms with Gasteiger partial charge >= 0.3 is 0 Å². The Balaban J connectivity index is 1.39. The fraction of sp³-hybridized carbons (Fsp3) is 0.133. The molecule has 0 amide bonds. The highest BCUT2D eigenvalue weighted by Gasteiger charge is 2.21. The molecule has 0 saturated heterocycles. The van der Waals surface area contributed by atoms with Crippen molar-refractivity contribution in [2.45, 2.75) is 19.3 Å². The number of methoxy groups -OCH3 is 3. The first-order valence-corrected chi connectivity index (χ1v) is 17.4. The summed E-state index contributed by atoms with van der Waals surface area (Å²) in [7, 11) is 4.87. The molecule has 6 aromatic rings. The number of phenols is 3. The third-order valence-corrected chi connectivity index (χ3v) is 9.48. The van der Waals surface area contributed by atoms with Crippen LogP contribution in [-0.4, -0.2) is 55.3 Å². The fourth-order valence-electron chi connectivity index (χ4n) is 6.56. The van der Waals surface area contributed by atoms with Crippen LogP contribution in [0, 0.1) is 0 Å². The Hall–Kier alpha value is -6.87. The van der Waals surface area contributed by atoms with Crippen LogP contribution in [-0.2, 0) is 19.3 Å². The van der Waals surface area contributed by atoms with Gasteiger partial charge in [-0.15, -0.1) is 0 Å². The summed E-state index contributed by atoms with van der Waals surface area (Å²) in [5.74, 6) is 2.20. The minimum atomic E-state index is 0.137. The van der Waals surface area contributed by atoms with Crippen molar-refractivity contribution in [1.82, 2.24) is 0 Å². The Labute approximate surface area is 313 Å². The number of ether oxygens (including phenoxy) is 3. The molecular weight excluding hydrogens is 679 g/mol. The molecule has 0 unspecified atom stereocenters. The first-order chi connectivity index (χ1) is 26.3. The zero-order chi connectivity index (χ0) is 37.6. The number of phenolic OH excluding ortho intramolecular Hbond substituents is 3. The molecule has 9 nitrogen and oxygen atoms in total. The van der Waals surface area contributed by atoms with Gasteiger partial charge in [-0.2, -0.15) is 0 Å². The molecule has 3 N–H and O–H groups in total. The van der Waals surface area contributed by atoms with E-state index in [2.05, 4.69) is 0 Å². The van der Waals surface area contributed by atoms with E-state index >= 15 is 0 Å². The van der Waals surface area contributed by atoms with Gasteiger partial charge < -0.3 is 29.5 Å². The van der Waals surface area contributed by atoms with Gasteiger partial charge in [0.25, 0.3) is 0 Å². The number of para-hydroxylation sites is 3. The zero-order valence-electron chi connectivity index (χ0n) is 30.2. The molecular formula is C45H39N3O6. The third-order valence-electron chi connectivity index (χ3n) is 9.48. The number of aromatic hydroxyl groups is 3. The van der Waals surface area contributed by atoms with Crippen LogP contribution in [0.5, 0.6) is 34.5 Å². The van der Waals surface area contributed by atoms with Gasteiger partial charge in [-0.3, -0.25) is 15.0 Å². The lowest BCUT2D eigenvalue weighted by molar-refractivity contribution is 0.415. The van der Waals surface area contributed by atoms with E-state index in [1.165, 1.54) is 0 Å². The summed E-state index contributed by atoms with van der Waals surface area (Å²) in [6, 6.07) is 33.3. The highest BCUT2D eigenvalue weighted by Crippen LogP contribution is 2.41. The van der Waals surface area contributed by atoms with Crippen LogP contribution < -0.4 is 14.2 Å². The lowest BCUT2D eigenvalue weighted by atomic mass is 9.93. The van der Waals surface area contributed by atoms with Gasteiger partial charge in [0.2, 0.25) is 0 Å². The van der Waals surface area contributed by atoms with Crippen molar-refractivity contribution in [3.8, 4) is 34.5 Å². The van der Waals surface area contributed by atoms with Gasteiger partial charge in [-0.25, -0.2) is 0 Å². The summed E-state index contributed by atoms with van der Waals surface area (Å²) in [6.45, 7) is 0. The second kappa shape index (κ2) is 15.8. The van der Waals surface area contributed by atoms with E-state index in [9.17, 15) is 15.3 Å². The van der Waals surface area contributed by atoms with Gasteiger partial charge in [-0.1, -0.05) is 36.4 Å². The molecule has 1 aliphatic rings. The second-order valence-electron chi connectivity index (χ2n) is 12.9. The number of nitrogens with zero attached hydrogens (tertiary/aromatic N) is 3. The molecule has 6 aromatic carbocycles. The number of benzene rings is 6. The number of hydrogen-bond donors (Lipinski definition) is 3. The summed E-state index contributed by atoms with van der Waals surface area (Å²) < 4.78 is 17.6. The maximum absolute atomic E-state index is 10.4. The molecule has 0 saturated carbocycles. The minimum Gasteiger partial charge on any atom is -0.507 e. The maximum Gasteiger partial charge on any atom is 0.144 e. The predicted molar refractivity (Wildman–Crippen MR) is 213 cm³/mol. The molecule has 270 valence electrons. The quantitative estimate of drug-likeness (QED) is 0.128. The number of aliphatic imine (C=N–C) groups is 3. The van der Waals surface area contributed by atoms with Crippen LogP contribution >= 0.6 is 0 Å². The van der Waals surface area contributed by atoms with Crippen LogP contribution in [0.2, 0.25) is 0 Å². The van der Waals surface area contributed by atoms with E-state index in [1.807, 2.05) is 54.6 Å². The Morgan fingerprint density at radius 1 is 0.407 bits per heavy atom. The van der Waals surface area contributed by atoms with Crippen molar-refractivity contribution >= 4 is 35.7 Å². The first-order valence-electron chi connectivity index (χ1n) is 17.4. The summed E-state index contributed by atoms with van der Waals surface area (Å²) in [5, 5.41) is 31.2. The molecule has 0 aromatic heterocycles. The second-order valence-corrected chi connectivity index (χ2v) is 12.9. The van der Waals surface area contributed by atoms with Crippen molar-refractivity contribution in [2.75, 3.05) is 21.3 Å². The summed E-state index contributed by atoms with van der Waals surface area (Å²) in [4.78, 5) is 14.3. The van der Waals surface area contributed by atoms with Crippen molar-refractivity contribution < 1.29 is 29.5 Å². The van der Waals surface area contributed by atoms with Crippen molar-refractivity contribution in [3.63, 3.8) is 0 Å². The Bertz CT molecular complexity index is 2170. The van der Waals surface area contributed by atoms with E-state index in [4.69, 9.17) is 29.2 Å². The largest absolute Gasteiger partial charge is 0.507 e. The van der Waals surface area contributed by atoms with Crippen molar-refractivity contribution in [3.05, 3.63) is 159 Å². The summed E-state index contributed by atoms with van der Waals surface area (Å²) in [6.07, 6.45) is 6.61. The molecule has 1 aliphatic carbocycles. The standard InChI is InChI=1S/C45H39N3O6/c1-52-43-22-34-16-32-20-38(47-26-29-11-5-8-14-41(29)50)45(54-3)24-36(32)18-33-21-39(48-27-30-12-6-9-15-42(30)51)44(53-2)23-35(33)17-31(34)19-37(43)46-25-28-10-4-7-13-40(28)49/h4-15,19-27,49-51H,16-18H2,1-3H3. The van der Waals surface area contributed by atoms with Crippen LogP contribution in [0.3, 0.4) is 0 Å². The van der Waals surface area contributed by atoms with E-state index < -0.39 is 0 Å². The topological polar surface area (TPSA) is 125 Å². The lowest BCUT2D eigenvalue weighted by Gasteiger charge is -2.16. The molecule has 54 heavy (non-hydrogen) atoms. The SMILES string of the molecule is COc1cc2c(cc1N=Cc1ccccc1O)Cc1cc(OC)c(N=Cc3ccccc3O)cc1Cc1cc(OC)c(N=Cc3ccccc3O)cc1C2. The van der Waals surface area contributed by atoms with Crippen LogP contribution in [0.4, 0.5) is 17.1 Å². The molecule has 0 atom stereocenters. The van der Waals surface area contributed by atoms with Crippen LogP contribution in [0.1, 0.15) is 50.1 Å². The summed E-state index contributed by atoms with van der Waals surface area (Å²) in [5.41, 5.74) is 9.90. The van der Waals surface area contributed by atoms with Gasteiger partial charge in [0.15, 0.2) is 0 Å².